The van der Waals surface area contributed by atoms with Crippen molar-refractivity contribution in [2.45, 2.75) is 0 Å². The Hall–Kier alpha value is -2.65. The van der Waals surface area contributed by atoms with Crippen molar-refractivity contribution in [3.05, 3.63) is 76.2 Å². The number of Topliss-reactive ketones (excluding diaryl/α,β-unsaturated/α-hetero) is 1. The highest BCUT2D eigenvalue weighted by Crippen LogP contribution is 2.38. The Balaban J connectivity index is 2.84. The van der Waals surface area contributed by atoms with E-state index in [1.54, 1.807) is 24.3 Å². The number of allylic oxidation sites excluding steroid dienone is 2. The number of carbonyl (C=O) groups is 1. The summed E-state index contributed by atoms with van der Waals surface area (Å²) in [5.74, 6) is -0.293. The topological polar surface area (TPSA) is 25.8 Å². The summed E-state index contributed by atoms with van der Waals surface area (Å²) in [6, 6.07) is 6.94. The third-order valence-corrected chi connectivity index (χ3v) is 2.45. The van der Waals surface area contributed by atoms with Gasteiger partial charge in [-0.05, 0) is 5.56 Å². The van der Waals surface area contributed by atoms with Crippen LogP contribution in [0.2, 0.25) is 0 Å². The smallest absolute Gasteiger partial charge is 0.289 e. The molecular weight excluding hydrogens is 200 g/mol. The Bertz CT molecular complexity index is 608. The highest BCUT2D eigenvalue weighted by Gasteiger charge is 2.33. The maximum atomic E-state index is 11.8. The van der Waals surface area contributed by atoms with Crippen LogP contribution in [0.15, 0.2) is 42.2 Å². The summed E-state index contributed by atoms with van der Waals surface area (Å²) >= 11 is 0. The van der Waals surface area contributed by atoms with Gasteiger partial charge in [-0.3, -0.25) is 4.79 Å². The van der Waals surface area contributed by atoms with Gasteiger partial charge < -0.3 is 0 Å². The highest BCUT2D eigenvalue weighted by molar-refractivity contribution is 6.26. The van der Waals surface area contributed by atoms with Crippen LogP contribution in [0.4, 0.5) is 0 Å². The predicted octanol–water partition coefficient (Wildman–Crippen LogP) is 2.95. The van der Waals surface area contributed by atoms with Crippen molar-refractivity contribution < 1.29 is 4.79 Å². The van der Waals surface area contributed by atoms with Crippen LogP contribution in [0.1, 0.15) is 15.9 Å². The summed E-state index contributed by atoms with van der Waals surface area (Å²) in [6.07, 6.45) is 0. The summed E-state index contributed by atoms with van der Waals surface area (Å²) in [5, 5.41) is 0. The first kappa shape index (κ1) is 9.89. The molecule has 0 saturated carbocycles. The molecule has 3 nitrogen and oxygen atoms in total. The van der Waals surface area contributed by atoms with Crippen molar-refractivity contribution in [2.75, 3.05) is 0 Å². The number of fused-ring (bicyclic) bond motifs is 1. The van der Waals surface area contributed by atoms with Crippen LogP contribution in [0.5, 0.6) is 0 Å². The number of hydrogen-bond acceptors (Lipinski definition) is 1. The Labute approximate surface area is 93.0 Å². The van der Waals surface area contributed by atoms with Gasteiger partial charge in [0.1, 0.15) is 13.1 Å². The zero-order chi connectivity index (χ0) is 11.7. The van der Waals surface area contributed by atoms with E-state index in [-0.39, 0.29) is 17.2 Å². The number of nitrogens with zero attached hydrogens (tertiary/aromatic N) is 2. The van der Waals surface area contributed by atoms with E-state index in [4.69, 9.17) is 13.1 Å². The molecule has 0 fully saturated rings. The molecule has 1 aliphatic rings. The minimum atomic E-state index is -0.199. The first-order valence-corrected chi connectivity index (χ1v) is 4.53. The SMILES string of the molecule is [C-]#[N+]C([N+]#[C-])=C1C(=C)C(=O)c2ccccc21. The van der Waals surface area contributed by atoms with Crippen molar-refractivity contribution in [1.82, 2.24) is 0 Å². The molecule has 0 spiro atoms. The van der Waals surface area contributed by atoms with Gasteiger partial charge in [0.2, 0.25) is 0 Å². The molecule has 0 N–H and O–H groups in total. The molecule has 1 aromatic rings. The second-order valence-corrected chi connectivity index (χ2v) is 3.28. The van der Waals surface area contributed by atoms with Gasteiger partial charge in [0, 0.05) is 11.1 Å². The summed E-state index contributed by atoms with van der Waals surface area (Å²) in [5.41, 5.74) is 1.78. The van der Waals surface area contributed by atoms with Crippen LogP contribution in [-0.2, 0) is 0 Å². The number of ketones is 1. The molecule has 0 unspecified atom stereocenters. The molecule has 74 valence electrons. The Morgan fingerprint density at radius 2 is 1.69 bits per heavy atom. The molecule has 0 amide bonds. The highest BCUT2D eigenvalue weighted by atomic mass is 16.1. The van der Waals surface area contributed by atoms with Gasteiger partial charge in [0.25, 0.3) is 0 Å². The van der Waals surface area contributed by atoms with E-state index < -0.39 is 0 Å². The minimum absolute atomic E-state index is 0.0942. The summed E-state index contributed by atoms with van der Waals surface area (Å²) in [7, 11) is 0. The molecule has 0 radical (unpaired) electrons. The number of hydrogen-bond donors (Lipinski definition) is 0. The lowest BCUT2D eigenvalue weighted by molar-refractivity contribution is 0.104. The standard InChI is InChI=1S/C13H6N2O/c1-8-11(13(14-2)15-3)9-6-4-5-7-10(9)12(8)16/h4-7H,1H2. The monoisotopic (exact) mass is 206 g/mol. The van der Waals surface area contributed by atoms with Crippen LogP contribution < -0.4 is 0 Å². The van der Waals surface area contributed by atoms with Crippen LogP contribution in [0.25, 0.3) is 15.3 Å². The maximum Gasteiger partial charge on any atom is 0.528 e. The average molecular weight is 206 g/mol. The fourth-order valence-electron chi connectivity index (χ4n) is 1.73. The Kier molecular flexibility index (Phi) is 2.16. The van der Waals surface area contributed by atoms with E-state index in [9.17, 15) is 4.79 Å². The fourth-order valence-corrected chi connectivity index (χ4v) is 1.73. The van der Waals surface area contributed by atoms with E-state index >= 15 is 0 Å². The molecule has 1 aromatic carbocycles. The van der Waals surface area contributed by atoms with E-state index in [2.05, 4.69) is 16.3 Å². The second-order valence-electron chi connectivity index (χ2n) is 3.28. The normalized spacial score (nSPS) is 13.0. The van der Waals surface area contributed by atoms with E-state index in [0.717, 1.165) is 0 Å². The minimum Gasteiger partial charge on any atom is -0.289 e. The number of carbonyl (C=O) groups excluding carboxylic acids is 1. The molecule has 0 bridgehead atoms. The molecule has 3 heteroatoms. The zero-order valence-electron chi connectivity index (χ0n) is 8.32. The molecule has 0 aliphatic heterocycles. The first-order valence-electron chi connectivity index (χ1n) is 4.53. The Morgan fingerprint density at radius 3 is 2.25 bits per heavy atom. The van der Waals surface area contributed by atoms with Gasteiger partial charge in [0.05, 0.1) is 5.57 Å². The lowest BCUT2D eigenvalue weighted by atomic mass is 10.1. The molecule has 16 heavy (non-hydrogen) atoms. The van der Waals surface area contributed by atoms with Gasteiger partial charge in [-0.1, -0.05) is 30.8 Å². The molecule has 0 atom stereocenters. The van der Waals surface area contributed by atoms with Crippen molar-refractivity contribution in [3.8, 4) is 0 Å². The molecular formula is C13H6N2O. The van der Waals surface area contributed by atoms with Crippen molar-refractivity contribution >= 4 is 11.4 Å². The Morgan fingerprint density at radius 1 is 1.12 bits per heavy atom. The van der Waals surface area contributed by atoms with Crippen LogP contribution in [-0.4, -0.2) is 5.78 Å². The molecule has 1 aliphatic carbocycles. The van der Waals surface area contributed by atoms with Crippen LogP contribution in [0, 0.1) is 13.1 Å². The lowest BCUT2D eigenvalue weighted by Gasteiger charge is -1.94. The molecule has 0 saturated heterocycles. The largest absolute Gasteiger partial charge is 0.528 e. The first-order chi connectivity index (χ1) is 7.70. The van der Waals surface area contributed by atoms with Gasteiger partial charge >= 0.3 is 5.82 Å². The van der Waals surface area contributed by atoms with Crippen molar-refractivity contribution in [1.29, 1.82) is 0 Å². The van der Waals surface area contributed by atoms with Crippen LogP contribution >= 0.6 is 0 Å². The van der Waals surface area contributed by atoms with Gasteiger partial charge in [-0.2, -0.15) is 9.69 Å². The number of rotatable bonds is 0. The van der Waals surface area contributed by atoms with Gasteiger partial charge in [-0.25, -0.2) is 0 Å². The zero-order valence-corrected chi connectivity index (χ0v) is 8.32. The molecule has 0 heterocycles. The molecule has 0 aromatic heterocycles. The summed E-state index contributed by atoms with van der Waals surface area (Å²) < 4.78 is 0. The van der Waals surface area contributed by atoms with Gasteiger partial charge in [-0.15, -0.1) is 0 Å². The predicted molar refractivity (Wildman–Crippen MR) is 60.0 cm³/mol. The summed E-state index contributed by atoms with van der Waals surface area (Å²) in [6.45, 7) is 17.5. The lowest BCUT2D eigenvalue weighted by Crippen LogP contribution is -1.92. The summed E-state index contributed by atoms with van der Waals surface area (Å²) in [4.78, 5) is 18.1. The van der Waals surface area contributed by atoms with Crippen LogP contribution in [0.3, 0.4) is 0 Å². The fraction of sp³-hybridized carbons (Fsp3) is 0. The van der Waals surface area contributed by atoms with E-state index in [0.29, 0.717) is 16.7 Å². The van der Waals surface area contributed by atoms with Crippen molar-refractivity contribution in [2.24, 2.45) is 0 Å². The second kappa shape index (κ2) is 3.49. The average Bonchev–Trinajstić information content (AvgIpc) is 2.57. The van der Waals surface area contributed by atoms with Gasteiger partial charge in [0.15, 0.2) is 5.78 Å². The van der Waals surface area contributed by atoms with Crippen molar-refractivity contribution in [3.63, 3.8) is 0 Å². The number of benzene rings is 1. The quantitative estimate of drug-likeness (QED) is 0.473. The molecule has 2 rings (SSSR count). The van der Waals surface area contributed by atoms with E-state index in [1.807, 2.05) is 0 Å². The van der Waals surface area contributed by atoms with E-state index in [1.165, 1.54) is 0 Å². The maximum absolute atomic E-state index is 11.8. The third-order valence-electron chi connectivity index (χ3n) is 2.45. The third kappa shape index (κ3) is 1.16.